The average molecular weight is 344 g/mol. The van der Waals surface area contributed by atoms with E-state index in [1.54, 1.807) is 4.90 Å². The highest BCUT2D eigenvalue weighted by Gasteiger charge is 2.21. The molecule has 0 aliphatic carbocycles. The minimum absolute atomic E-state index is 0.0695. The number of rotatable bonds is 5. The molecule has 0 saturated heterocycles. The van der Waals surface area contributed by atoms with E-state index in [2.05, 4.69) is 18.2 Å². The summed E-state index contributed by atoms with van der Waals surface area (Å²) < 4.78 is 5.89. The van der Waals surface area contributed by atoms with E-state index in [0.29, 0.717) is 31.0 Å². The van der Waals surface area contributed by atoms with E-state index in [1.807, 2.05) is 37.4 Å². The van der Waals surface area contributed by atoms with Crippen LogP contribution in [0.4, 0.5) is 0 Å². The first kappa shape index (κ1) is 17.0. The minimum Gasteiger partial charge on any atom is -0.371 e. The van der Waals surface area contributed by atoms with Crippen molar-refractivity contribution in [2.75, 3.05) is 13.6 Å². The van der Waals surface area contributed by atoms with Crippen molar-refractivity contribution in [3.63, 3.8) is 0 Å². The van der Waals surface area contributed by atoms with Gasteiger partial charge in [0.05, 0.1) is 12.7 Å². The topological polar surface area (TPSA) is 29.5 Å². The van der Waals surface area contributed by atoms with Gasteiger partial charge in [-0.05, 0) is 35.2 Å². The van der Waals surface area contributed by atoms with Crippen LogP contribution in [0.5, 0.6) is 0 Å². The normalized spacial score (nSPS) is 16.5. The van der Waals surface area contributed by atoms with Crippen molar-refractivity contribution in [2.45, 2.75) is 32.0 Å². The molecule has 0 fully saturated rings. The van der Waals surface area contributed by atoms with Gasteiger partial charge in [0.25, 0.3) is 0 Å². The van der Waals surface area contributed by atoms with Crippen LogP contribution < -0.4 is 0 Å². The molecule has 24 heavy (non-hydrogen) atoms. The van der Waals surface area contributed by atoms with Gasteiger partial charge in [-0.2, -0.15) is 0 Å². The number of fused-ring (bicyclic) bond motifs is 1. The first-order valence-electron chi connectivity index (χ1n) is 8.28. The molecule has 1 heterocycles. The molecule has 0 aromatic heterocycles. The van der Waals surface area contributed by atoms with Gasteiger partial charge in [0.15, 0.2) is 0 Å². The SMILES string of the molecule is CN(CC1Cc2ccccc2CO1)C(=O)CCc1cccc(Cl)c1. The molecule has 1 atom stereocenters. The fraction of sp³-hybridized carbons (Fsp3) is 0.350. The first-order chi connectivity index (χ1) is 11.6. The number of amides is 1. The standard InChI is InChI=1S/C20H22ClNO2/c1-22(20(23)10-9-15-5-4-8-18(21)11-15)13-19-12-16-6-2-3-7-17(16)14-24-19/h2-8,11,19H,9-10,12-14H2,1H3. The fourth-order valence-corrected chi connectivity index (χ4v) is 3.28. The molecule has 1 aliphatic heterocycles. The predicted molar refractivity (Wildman–Crippen MR) is 96.1 cm³/mol. The highest BCUT2D eigenvalue weighted by Crippen LogP contribution is 2.21. The number of ether oxygens (including phenoxy) is 1. The summed E-state index contributed by atoms with van der Waals surface area (Å²) in [5.74, 6) is 0.137. The molecular weight excluding hydrogens is 322 g/mol. The Hall–Kier alpha value is -1.84. The molecule has 3 nitrogen and oxygen atoms in total. The third-order valence-electron chi connectivity index (χ3n) is 4.46. The molecule has 2 aromatic carbocycles. The molecule has 126 valence electrons. The third kappa shape index (κ3) is 4.37. The summed E-state index contributed by atoms with van der Waals surface area (Å²) in [6.07, 6.45) is 2.13. The van der Waals surface area contributed by atoms with E-state index in [1.165, 1.54) is 11.1 Å². The van der Waals surface area contributed by atoms with Crippen molar-refractivity contribution < 1.29 is 9.53 Å². The molecule has 4 heteroatoms. The molecule has 1 unspecified atom stereocenters. The van der Waals surface area contributed by atoms with E-state index in [0.717, 1.165) is 12.0 Å². The Morgan fingerprint density at radius 2 is 2.00 bits per heavy atom. The largest absolute Gasteiger partial charge is 0.371 e. The third-order valence-corrected chi connectivity index (χ3v) is 4.70. The van der Waals surface area contributed by atoms with Gasteiger partial charge in [0.2, 0.25) is 5.91 Å². The zero-order valence-corrected chi connectivity index (χ0v) is 14.6. The van der Waals surface area contributed by atoms with E-state index in [9.17, 15) is 4.79 Å². The van der Waals surface area contributed by atoms with Crippen LogP contribution in [0.15, 0.2) is 48.5 Å². The Labute approximate surface area is 148 Å². The summed E-state index contributed by atoms with van der Waals surface area (Å²) in [5.41, 5.74) is 3.67. The van der Waals surface area contributed by atoms with Gasteiger partial charge in [-0.25, -0.2) is 0 Å². The van der Waals surface area contributed by atoms with Gasteiger partial charge in [0, 0.05) is 31.5 Å². The number of nitrogens with zero attached hydrogens (tertiary/aromatic N) is 1. The summed E-state index contributed by atoms with van der Waals surface area (Å²) in [6.45, 7) is 1.26. The van der Waals surface area contributed by atoms with Crippen molar-refractivity contribution >= 4 is 17.5 Å². The Bertz CT molecular complexity index is 716. The Balaban J connectivity index is 1.50. The van der Waals surface area contributed by atoms with Crippen LogP contribution in [-0.2, 0) is 29.0 Å². The maximum atomic E-state index is 12.4. The molecule has 2 aromatic rings. The molecule has 3 rings (SSSR count). The fourth-order valence-electron chi connectivity index (χ4n) is 3.07. The van der Waals surface area contributed by atoms with Gasteiger partial charge < -0.3 is 9.64 Å². The molecule has 0 N–H and O–H groups in total. The van der Waals surface area contributed by atoms with Gasteiger partial charge >= 0.3 is 0 Å². The summed E-state index contributed by atoms with van der Waals surface area (Å²) in [7, 11) is 1.85. The van der Waals surface area contributed by atoms with Crippen molar-refractivity contribution in [3.05, 3.63) is 70.2 Å². The van der Waals surface area contributed by atoms with Crippen LogP contribution in [-0.4, -0.2) is 30.5 Å². The quantitative estimate of drug-likeness (QED) is 0.824. The molecule has 1 amide bonds. The number of carbonyl (C=O) groups excluding carboxylic acids is 1. The smallest absolute Gasteiger partial charge is 0.222 e. The van der Waals surface area contributed by atoms with E-state index in [-0.39, 0.29) is 12.0 Å². The van der Waals surface area contributed by atoms with Crippen LogP contribution in [0.2, 0.25) is 5.02 Å². The highest BCUT2D eigenvalue weighted by atomic mass is 35.5. The van der Waals surface area contributed by atoms with Crippen molar-refractivity contribution in [1.82, 2.24) is 4.90 Å². The second kappa shape index (κ2) is 7.82. The molecule has 0 bridgehead atoms. The number of aryl methyl sites for hydroxylation is 1. The number of halogens is 1. The molecular formula is C20H22ClNO2. The van der Waals surface area contributed by atoms with Crippen molar-refractivity contribution in [3.8, 4) is 0 Å². The van der Waals surface area contributed by atoms with Gasteiger partial charge in [0.1, 0.15) is 0 Å². The van der Waals surface area contributed by atoms with Crippen molar-refractivity contribution in [2.24, 2.45) is 0 Å². The molecule has 0 radical (unpaired) electrons. The monoisotopic (exact) mass is 343 g/mol. The maximum Gasteiger partial charge on any atom is 0.222 e. The second-order valence-corrected chi connectivity index (χ2v) is 6.75. The average Bonchev–Trinajstić information content (AvgIpc) is 2.59. The summed E-state index contributed by atoms with van der Waals surface area (Å²) in [6, 6.07) is 16.0. The van der Waals surface area contributed by atoms with Crippen LogP contribution in [0, 0.1) is 0 Å². The zero-order valence-electron chi connectivity index (χ0n) is 13.9. The van der Waals surface area contributed by atoms with Crippen LogP contribution >= 0.6 is 11.6 Å². The van der Waals surface area contributed by atoms with E-state index in [4.69, 9.17) is 16.3 Å². The van der Waals surface area contributed by atoms with Gasteiger partial charge in [-0.3, -0.25) is 4.79 Å². The second-order valence-electron chi connectivity index (χ2n) is 6.31. The Morgan fingerprint density at radius 3 is 2.79 bits per heavy atom. The number of likely N-dealkylation sites (N-methyl/N-ethyl adjacent to an activating group) is 1. The zero-order chi connectivity index (χ0) is 16.9. The first-order valence-corrected chi connectivity index (χ1v) is 8.66. The predicted octanol–water partition coefficient (Wildman–Crippen LogP) is 3.87. The Kier molecular flexibility index (Phi) is 5.54. The van der Waals surface area contributed by atoms with Crippen LogP contribution in [0.3, 0.4) is 0 Å². The number of hydrogen-bond donors (Lipinski definition) is 0. The van der Waals surface area contributed by atoms with Gasteiger partial charge in [-0.15, -0.1) is 0 Å². The highest BCUT2D eigenvalue weighted by molar-refractivity contribution is 6.30. The molecule has 1 aliphatic rings. The number of benzene rings is 2. The van der Waals surface area contributed by atoms with Crippen LogP contribution in [0.1, 0.15) is 23.1 Å². The minimum atomic E-state index is 0.0695. The lowest BCUT2D eigenvalue weighted by Gasteiger charge is -2.29. The Morgan fingerprint density at radius 1 is 1.21 bits per heavy atom. The summed E-state index contributed by atoms with van der Waals surface area (Å²) in [4.78, 5) is 14.1. The van der Waals surface area contributed by atoms with Gasteiger partial charge in [-0.1, -0.05) is 48.0 Å². The number of hydrogen-bond acceptors (Lipinski definition) is 2. The summed E-state index contributed by atoms with van der Waals surface area (Å²) in [5, 5.41) is 0.711. The lowest BCUT2D eigenvalue weighted by molar-refractivity contribution is -0.132. The molecule has 0 saturated carbocycles. The molecule has 0 spiro atoms. The summed E-state index contributed by atoms with van der Waals surface area (Å²) >= 11 is 5.98. The van der Waals surface area contributed by atoms with E-state index >= 15 is 0 Å². The maximum absolute atomic E-state index is 12.4. The number of carbonyl (C=O) groups is 1. The van der Waals surface area contributed by atoms with E-state index < -0.39 is 0 Å². The lowest BCUT2D eigenvalue weighted by Crippen LogP contribution is -2.38. The lowest BCUT2D eigenvalue weighted by atomic mass is 9.99. The van der Waals surface area contributed by atoms with Crippen LogP contribution in [0.25, 0.3) is 0 Å². The van der Waals surface area contributed by atoms with Crippen molar-refractivity contribution in [1.29, 1.82) is 0 Å².